The third kappa shape index (κ3) is 4.12. The summed E-state index contributed by atoms with van der Waals surface area (Å²) in [5.41, 5.74) is 1.00. The van der Waals surface area contributed by atoms with E-state index in [2.05, 4.69) is 15.4 Å². The summed E-state index contributed by atoms with van der Waals surface area (Å²) in [6.45, 7) is 5.51. The van der Waals surface area contributed by atoms with Crippen LogP contribution < -0.4 is 5.32 Å². The zero-order chi connectivity index (χ0) is 18.0. The molecule has 130 valence electrons. The number of halogens is 1. The van der Waals surface area contributed by atoms with Crippen molar-refractivity contribution >= 4 is 11.7 Å². The van der Waals surface area contributed by atoms with Crippen LogP contribution in [0, 0.1) is 5.82 Å². The highest BCUT2D eigenvalue weighted by Crippen LogP contribution is 2.21. The number of benzene rings is 1. The third-order valence-electron chi connectivity index (χ3n) is 3.35. The fourth-order valence-corrected chi connectivity index (χ4v) is 2.28. The highest BCUT2D eigenvalue weighted by atomic mass is 19.1. The average molecular weight is 342 g/mol. The van der Waals surface area contributed by atoms with Crippen LogP contribution in [-0.4, -0.2) is 26.3 Å². The molecule has 0 saturated carbocycles. The lowest BCUT2D eigenvalue weighted by molar-refractivity contribution is 0.0523. The molecule has 3 aromatic rings. The molecule has 0 saturated heterocycles. The Labute approximate surface area is 144 Å². The van der Waals surface area contributed by atoms with Gasteiger partial charge in [0, 0.05) is 12.7 Å². The number of rotatable bonds is 3. The maximum atomic E-state index is 14.4. The van der Waals surface area contributed by atoms with Crippen molar-refractivity contribution in [1.82, 2.24) is 19.9 Å². The molecule has 0 aliphatic rings. The average Bonchev–Trinajstić information content (AvgIpc) is 2.95. The lowest BCUT2D eigenvalue weighted by atomic mass is 10.1. The molecule has 3 rings (SSSR count). The molecule has 0 fully saturated rings. The van der Waals surface area contributed by atoms with E-state index in [1.807, 2.05) is 12.1 Å². The van der Waals surface area contributed by atoms with Crippen molar-refractivity contribution in [2.24, 2.45) is 0 Å². The van der Waals surface area contributed by atoms with Crippen molar-refractivity contribution in [2.75, 3.05) is 0 Å². The number of alkyl carbamates (subject to hydrolysis) is 1. The zero-order valence-electron chi connectivity index (χ0n) is 14.3. The number of amides is 1. The fraction of sp³-hybridized carbons (Fsp3) is 0.278. The van der Waals surface area contributed by atoms with E-state index < -0.39 is 17.5 Å². The summed E-state index contributed by atoms with van der Waals surface area (Å²) in [5.74, 6) is -0.130. The third-order valence-corrected chi connectivity index (χ3v) is 3.35. The summed E-state index contributed by atoms with van der Waals surface area (Å²) in [7, 11) is 0. The van der Waals surface area contributed by atoms with Gasteiger partial charge in [-0.1, -0.05) is 12.1 Å². The molecule has 25 heavy (non-hydrogen) atoms. The molecule has 1 aromatic carbocycles. The summed E-state index contributed by atoms with van der Waals surface area (Å²) in [4.78, 5) is 16.0. The maximum Gasteiger partial charge on any atom is 0.407 e. The van der Waals surface area contributed by atoms with E-state index in [0.29, 0.717) is 22.6 Å². The number of hydrogen-bond donors (Lipinski definition) is 1. The minimum absolute atomic E-state index is 0.171. The molecule has 0 aliphatic carbocycles. The van der Waals surface area contributed by atoms with Gasteiger partial charge < -0.3 is 10.1 Å². The molecule has 6 nitrogen and oxygen atoms in total. The van der Waals surface area contributed by atoms with E-state index in [4.69, 9.17) is 4.74 Å². The van der Waals surface area contributed by atoms with E-state index in [1.165, 1.54) is 6.07 Å². The Morgan fingerprint density at radius 1 is 1.28 bits per heavy atom. The van der Waals surface area contributed by atoms with Crippen molar-refractivity contribution in [3.63, 3.8) is 0 Å². The molecule has 0 bridgehead atoms. The number of carbonyl (C=O) groups excluding carboxylic acids is 1. The first-order chi connectivity index (χ1) is 11.8. The Kier molecular flexibility index (Phi) is 4.39. The Bertz CT molecular complexity index is 882. The summed E-state index contributed by atoms with van der Waals surface area (Å²) in [6.07, 6.45) is 1.21. The monoisotopic (exact) mass is 342 g/mol. The Balaban J connectivity index is 1.73. The van der Waals surface area contributed by atoms with E-state index in [1.54, 1.807) is 49.7 Å². The summed E-state index contributed by atoms with van der Waals surface area (Å²) >= 11 is 0. The molecule has 2 aromatic heterocycles. The van der Waals surface area contributed by atoms with Gasteiger partial charge in [0.15, 0.2) is 11.5 Å². The molecule has 0 unspecified atom stereocenters. The second kappa shape index (κ2) is 6.51. The Morgan fingerprint density at radius 2 is 2.08 bits per heavy atom. The molecule has 1 N–H and O–H groups in total. The smallest absolute Gasteiger partial charge is 0.407 e. The summed E-state index contributed by atoms with van der Waals surface area (Å²) in [6, 6.07) is 10.2. The van der Waals surface area contributed by atoms with E-state index >= 15 is 0 Å². The van der Waals surface area contributed by atoms with Gasteiger partial charge in [0.1, 0.15) is 11.4 Å². The van der Waals surface area contributed by atoms with Gasteiger partial charge in [0.2, 0.25) is 0 Å². The molecule has 0 aliphatic heterocycles. The van der Waals surface area contributed by atoms with Crippen molar-refractivity contribution in [1.29, 1.82) is 0 Å². The van der Waals surface area contributed by atoms with Crippen LogP contribution in [0.4, 0.5) is 9.18 Å². The second-order valence-electron chi connectivity index (χ2n) is 6.61. The topological polar surface area (TPSA) is 68.5 Å². The molecule has 1 amide bonds. The van der Waals surface area contributed by atoms with Crippen LogP contribution in [-0.2, 0) is 11.3 Å². The minimum atomic E-state index is -0.575. The van der Waals surface area contributed by atoms with Crippen LogP contribution in [0.25, 0.3) is 17.0 Å². The number of nitrogens with zero attached hydrogens (tertiary/aromatic N) is 3. The fourth-order valence-electron chi connectivity index (χ4n) is 2.28. The largest absolute Gasteiger partial charge is 0.444 e. The summed E-state index contributed by atoms with van der Waals surface area (Å²) < 4.78 is 21.2. The van der Waals surface area contributed by atoms with Gasteiger partial charge in [-0.2, -0.15) is 0 Å². The number of aromatic nitrogens is 3. The molecule has 0 radical (unpaired) electrons. The van der Waals surface area contributed by atoms with Crippen LogP contribution >= 0.6 is 0 Å². The normalized spacial score (nSPS) is 11.5. The second-order valence-corrected chi connectivity index (χ2v) is 6.61. The van der Waals surface area contributed by atoms with Crippen LogP contribution in [0.2, 0.25) is 0 Å². The number of hydrogen-bond acceptors (Lipinski definition) is 4. The van der Waals surface area contributed by atoms with E-state index in [0.717, 1.165) is 0 Å². The minimum Gasteiger partial charge on any atom is -0.444 e. The van der Waals surface area contributed by atoms with Crippen LogP contribution in [0.1, 0.15) is 26.3 Å². The zero-order valence-corrected chi connectivity index (χ0v) is 14.3. The van der Waals surface area contributed by atoms with Crippen LogP contribution in [0.3, 0.4) is 0 Å². The number of pyridine rings is 1. The van der Waals surface area contributed by atoms with Crippen molar-refractivity contribution < 1.29 is 13.9 Å². The van der Waals surface area contributed by atoms with Gasteiger partial charge >= 0.3 is 6.09 Å². The Morgan fingerprint density at radius 3 is 2.76 bits per heavy atom. The SMILES string of the molecule is CC(C)(C)OC(=O)NCc1ccc(-c2nc3ccccn3n2)c(F)c1. The highest BCUT2D eigenvalue weighted by molar-refractivity contribution is 5.67. The Hall–Kier alpha value is -2.96. The van der Waals surface area contributed by atoms with E-state index in [-0.39, 0.29) is 6.54 Å². The summed E-state index contributed by atoms with van der Waals surface area (Å²) in [5, 5.41) is 6.86. The molecule has 0 spiro atoms. The number of nitrogens with one attached hydrogen (secondary N) is 1. The van der Waals surface area contributed by atoms with Crippen molar-refractivity contribution in [3.05, 3.63) is 54.0 Å². The van der Waals surface area contributed by atoms with Gasteiger partial charge in [0.25, 0.3) is 0 Å². The lowest BCUT2D eigenvalue weighted by Gasteiger charge is -2.19. The first-order valence-corrected chi connectivity index (χ1v) is 7.89. The van der Waals surface area contributed by atoms with E-state index in [9.17, 15) is 9.18 Å². The van der Waals surface area contributed by atoms with Crippen molar-refractivity contribution in [2.45, 2.75) is 32.9 Å². The molecule has 2 heterocycles. The number of ether oxygens (including phenoxy) is 1. The highest BCUT2D eigenvalue weighted by Gasteiger charge is 2.16. The van der Waals surface area contributed by atoms with Crippen LogP contribution in [0.5, 0.6) is 0 Å². The van der Waals surface area contributed by atoms with Crippen molar-refractivity contribution in [3.8, 4) is 11.4 Å². The number of fused-ring (bicyclic) bond motifs is 1. The predicted molar refractivity (Wildman–Crippen MR) is 91.5 cm³/mol. The quantitative estimate of drug-likeness (QED) is 0.790. The van der Waals surface area contributed by atoms with Gasteiger partial charge in [-0.25, -0.2) is 18.7 Å². The van der Waals surface area contributed by atoms with Gasteiger partial charge in [-0.15, -0.1) is 5.10 Å². The van der Waals surface area contributed by atoms with Crippen LogP contribution in [0.15, 0.2) is 42.6 Å². The van der Waals surface area contributed by atoms with Gasteiger partial charge in [-0.3, -0.25) is 0 Å². The molecule has 0 atom stereocenters. The van der Waals surface area contributed by atoms with Gasteiger partial charge in [-0.05, 0) is 50.6 Å². The van der Waals surface area contributed by atoms with Gasteiger partial charge in [0.05, 0.1) is 5.56 Å². The molecular weight excluding hydrogens is 323 g/mol. The maximum absolute atomic E-state index is 14.4. The molecule has 7 heteroatoms. The lowest BCUT2D eigenvalue weighted by Crippen LogP contribution is -2.32. The first kappa shape index (κ1) is 16.9. The number of carbonyl (C=O) groups is 1. The standard InChI is InChI=1S/C18H19FN4O2/c1-18(2,3)25-17(24)20-11-12-7-8-13(14(19)10-12)16-21-15-6-4-5-9-23(15)22-16/h4-10H,11H2,1-3H3,(H,20,24). The predicted octanol–water partition coefficient (Wildman–Crippen LogP) is 3.56. The first-order valence-electron chi connectivity index (χ1n) is 7.89. The molecular formula is C18H19FN4O2.